The third kappa shape index (κ3) is 9.10. The summed E-state index contributed by atoms with van der Waals surface area (Å²) >= 11 is 0. The fourth-order valence-corrected chi connectivity index (χ4v) is 2.38. The summed E-state index contributed by atoms with van der Waals surface area (Å²) < 4.78 is 10.7. The topological polar surface area (TPSA) is 54.9 Å². The fourth-order valence-electron chi connectivity index (χ4n) is 2.38. The van der Waals surface area contributed by atoms with E-state index >= 15 is 0 Å². The van der Waals surface area contributed by atoms with E-state index in [0.29, 0.717) is 19.8 Å². The van der Waals surface area contributed by atoms with Gasteiger partial charge in [-0.3, -0.25) is 0 Å². The molecule has 0 spiro atoms. The molecule has 0 aromatic heterocycles. The van der Waals surface area contributed by atoms with Gasteiger partial charge < -0.3 is 20.1 Å². The zero-order valence-electron chi connectivity index (χ0n) is 16.3. The minimum absolute atomic E-state index is 0. The second kappa shape index (κ2) is 13.4. The summed E-state index contributed by atoms with van der Waals surface area (Å²) in [6.07, 6.45) is 0. The Kier molecular flexibility index (Phi) is 11.5. The average Bonchev–Trinajstić information content (AvgIpc) is 2.66. The van der Waals surface area contributed by atoms with Gasteiger partial charge >= 0.3 is 0 Å². The molecule has 0 heterocycles. The van der Waals surface area contributed by atoms with Crippen molar-refractivity contribution in [3.8, 4) is 5.75 Å². The largest absolute Gasteiger partial charge is 0.491 e. The van der Waals surface area contributed by atoms with Gasteiger partial charge in [-0.15, -0.1) is 24.0 Å². The first-order chi connectivity index (χ1) is 12.7. The van der Waals surface area contributed by atoms with Crippen LogP contribution in [0, 0.1) is 6.92 Å². The highest BCUT2D eigenvalue weighted by Crippen LogP contribution is 2.14. The van der Waals surface area contributed by atoms with Crippen molar-refractivity contribution in [2.24, 2.45) is 4.99 Å². The van der Waals surface area contributed by atoms with E-state index in [2.05, 4.69) is 59.8 Å². The Hall–Kier alpha value is -1.80. The molecule has 0 radical (unpaired) electrons. The lowest BCUT2D eigenvalue weighted by molar-refractivity contribution is 0.146. The number of nitrogens with zero attached hydrogens (tertiary/aromatic N) is 1. The summed E-state index contributed by atoms with van der Waals surface area (Å²) in [4.78, 5) is 4.67. The zero-order chi connectivity index (χ0) is 18.6. The maximum Gasteiger partial charge on any atom is 0.191 e. The Bertz CT molecular complexity index is 690. The van der Waals surface area contributed by atoms with E-state index in [1.54, 1.807) is 7.11 Å². The smallest absolute Gasteiger partial charge is 0.191 e. The predicted molar refractivity (Wildman–Crippen MR) is 122 cm³/mol. The van der Waals surface area contributed by atoms with Gasteiger partial charge in [-0.1, -0.05) is 42.0 Å². The Morgan fingerprint density at radius 2 is 1.78 bits per heavy atom. The molecular formula is C21H30IN3O2. The molecule has 148 valence electrons. The van der Waals surface area contributed by atoms with Crippen LogP contribution in [0.25, 0.3) is 0 Å². The first-order valence-electron chi connectivity index (χ1n) is 8.99. The highest BCUT2D eigenvalue weighted by atomic mass is 127. The molecular weight excluding hydrogens is 453 g/mol. The normalized spacial score (nSPS) is 10.9. The van der Waals surface area contributed by atoms with E-state index in [0.717, 1.165) is 30.4 Å². The molecule has 0 aliphatic rings. The van der Waals surface area contributed by atoms with Crippen LogP contribution < -0.4 is 15.4 Å². The van der Waals surface area contributed by atoms with Gasteiger partial charge in [-0.2, -0.15) is 0 Å². The van der Waals surface area contributed by atoms with Crippen molar-refractivity contribution in [3.63, 3.8) is 0 Å². The molecule has 0 saturated carbocycles. The van der Waals surface area contributed by atoms with Crippen LogP contribution in [0.2, 0.25) is 0 Å². The Morgan fingerprint density at radius 1 is 1.00 bits per heavy atom. The molecule has 6 heteroatoms. The predicted octanol–water partition coefficient (Wildman–Crippen LogP) is 3.89. The summed E-state index contributed by atoms with van der Waals surface area (Å²) in [5, 5.41) is 6.66. The highest BCUT2D eigenvalue weighted by molar-refractivity contribution is 14.0. The van der Waals surface area contributed by atoms with E-state index in [1.807, 2.05) is 18.2 Å². The third-order valence-electron chi connectivity index (χ3n) is 3.80. The van der Waals surface area contributed by atoms with Gasteiger partial charge in [-0.25, -0.2) is 4.99 Å². The van der Waals surface area contributed by atoms with E-state index < -0.39 is 0 Å². The fraction of sp³-hybridized carbons (Fsp3) is 0.381. The number of hydrogen-bond donors (Lipinski definition) is 2. The van der Waals surface area contributed by atoms with Crippen LogP contribution in [0.3, 0.4) is 0 Å². The average molecular weight is 483 g/mol. The second-order valence-electron chi connectivity index (χ2n) is 6.02. The number of aryl methyl sites for hydroxylation is 1. The Morgan fingerprint density at radius 3 is 2.48 bits per heavy atom. The molecule has 0 atom stereocenters. The lowest BCUT2D eigenvalue weighted by Gasteiger charge is -2.12. The molecule has 0 unspecified atom stereocenters. The Balaban J connectivity index is 0.00000364. The number of halogens is 1. The summed E-state index contributed by atoms with van der Waals surface area (Å²) in [5.41, 5.74) is 3.60. The van der Waals surface area contributed by atoms with Crippen LogP contribution in [0.1, 0.15) is 23.6 Å². The quantitative estimate of drug-likeness (QED) is 0.246. The molecule has 0 saturated heterocycles. The van der Waals surface area contributed by atoms with Gasteiger partial charge in [0.15, 0.2) is 5.96 Å². The van der Waals surface area contributed by atoms with Gasteiger partial charge in [0.2, 0.25) is 0 Å². The molecule has 2 aromatic carbocycles. The van der Waals surface area contributed by atoms with E-state index in [1.165, 1.54) is 11.1 Å². The van der Waals surface area contributed by atoms with Crippen LogP contribution in [0.15, 0.2) is 53.5 Å². The number of nitrogens with one attached hydrogen (secondary N) is 2. The number of guanidine groups is 1. The van der Waals surface area contributed by atoms with E-state index in [9.17, 15) is 0 Å². The maximum atomic E-state index is 5.65. The van der Waals surface area contributed by atoms with Gasteiger partial charge in [0.1, 0.15) is 12.4 Å². The zero-order valence-corrected chi connectivity index (χ0v) is 18.7. The van der Waals surface area contributed by atoms with E-state index in [-0.39, 0.29) is 24.0 Å². The molecule has 0 amide bonds. The van der Waals surface area contributed by atoms with Crippen molar-refractivity contribution in [3.05, 3.63) is 65.2 Å². The monoisotopic (exact) mass is 483 g/mol. The van der Waals surface area contributed by atoms with Crippen molar-refractivity contribution < 1.29 is 9.47 Å². The number of methoxy groups -OCH3 is 1. The maximum absolute atomic E-state index is 5.65. The number of benzene rings is 2. The third-order valence-corrected chi connectivity index (χ3v) is 3.80. The molecule has 0 aliphatic heterocycles. The SMILES string of the molecule is CCNC(=NCc1cccc(OCCOC)c1)NCc1ccc(C)cc1.I. The molecule has 0 aliphatic carbocycles. The van der Waals surface area contributed by atoms with Crippen LogP contribution in [-0.4, -0.2) is 32.8 Å². The second-order valence-corrected chi connectivity index (χ2v) is 6.02. The van der Waals surface area contributed by atoms with Gasteiger partial charge in [0.25, 0.3) is 0 Å². The molecule has 2 N–H and O–H groups in total. The van der Waals surface area contributed by atoms with Crippen LogP contribution >= 0.6 is 24.0 Å². The molecule has 27 heavy (non-hydrogen) atoms. The van der Waals surface area contributed by atoms with Crippen LogP contribution in [-0.2, 0) is 17.8 Å². The minimum atomic E-state index is 0. The summed E-state index contributed by atoms with van der Waals surface area (Å²) in [6, 6.07) is 16.5. The summed E-state index contributed by atoms with van der Waals surface area (Å²) in [5.74, 6) is 1.64. The van der Waals surface area contributed by atoms with Crippen LogP contribution in [0.4, 0.5) is 0 Å². The number of aliphatic imine (C=N–C) groups is 1. The van der Waals surface area contributed by atoms with Crippen molar-refractivity contribution in [2.45, 2.75) is 26.9 Å². The molecule has 0 fully saturated rings. The number of rotatable bonds is 9. The number of ether oxygens (including phenoxy) is 2. The van der Waals surface area contributed by atoms with Crippen molar-refractivity contribution in [2.75, 3.05) is 26.9 Å². The lowest BCUT2D eigenvalue weighted by Crippen LogP contribution is -2.36. The van der Waals surface area contributed by atoms with Gasteiger partial charge in [0.05, 0.1) is 13.2 Å². The first kappa shape index (κ1) is 23.2. The standard InChI is InChI=1S/C21H29N3O2.HI/c1-4-22-21(23-15-18-10-8-17(2)9-11-18)24-16-19-6-5-7-20(14-19)26-13-12-25-3;/h5-11,14H,4,12-13,15-16H2,1-3H3,(H2,22,23,24);1H. The minimum Gasteiger partial charge on any atom is -0.491 e. The molecule has 2 aromatic rings. The summed E-state index contributed by atoms with van der Waals surface area (Å²) in [6.45, 7) is 7.43. The van der Waals surface area contributed by atoms with Crippen molar-refractivity contribution >= 4 is 29.9 Å². The molecule has 5 nitrogen and oxygen atoms in total. The summed E-state index contributed by atoms with van der Waals surface area (Å²) in [7, 11) is 1.67. The van der Waals surface area contributed by atoms with Gasteiger partial charge in [0, 0.05) is 20.2 Å². The first-order valence-corrected chi connectivity index (χ1v) is 8.99. The molecule has 2 rings (SSSR count). The Labute approximate surface area is 179 Å². The van der Waals surface area contributed by atoms with E-state index in [4.69, 9.17) is 9.47 Å². The van der Waals surface area contributed by atoms with Crippen molar-refractivity contribution in [1.29, 1.82) is 0 Å². The van der Waals surface area contributed by atoms with Crippen LogP contribution in [0.5, 0.6) is 5.75 Å². The van der Waals surface area contributed by atoms with Gasteiger partial charge in [-0.05, 0) is 37.1 Å². The lowest BCUT2D eigenvalue weighted by atomic mass is 10.1. The number of hydrogen-bond acceptors (Lipinski definition) is 3. The molecule has 0 bridgehead atoms. The highest BCUT2D eigenvalue weighted by Gasteiger charge is 2.00. The van der Waals surface area contributed by atoms with Crippen molar-refractivity contribution in [1.82, 2.24) is 10.6 Å².